The van der Waals surface area contributed by atoms with Crippen molar-refractivity contribution in [1.29, 1.82) is 0 Å². The molecule has 1 saturated carbocycles. The highest BCUT2D eigenvalue weighted by Gasteiger charge is 2.43. The average molecular weight is 391 g/mol. The van der Waals surface area contributed by atoms with E-state index in [1.807, 2.05) is 30.3 Å². The zero-order valence-electron chi connectivity index (χ0n) is 17.0. The molecule has 0 aliphatic heterocycles. The maximum atomic E-state index is 13.2. The van der Waals surface area contributed by atoms with Crippen LogP contribution in [0.5, 0.6) is 0 Å². The lowest BCUT2D eigenvalue weighted by Gasteiger charge is -2.43. The Morgan fingerprint density at radius 2 is 1.78 bits per heavy atom. The van der Waals surface area contributed by atoms with Gasteiger partial charge in [0, 0.05) is 19.2 Å². The van der Waals surface area contributed by atoms with E-state index >= 15 is 0 Å². The quantitative estimate of drug-likeness (QED) is 0.650. The summed E-state index contributed by atoms with van der Waals surface area (Å²) in [6, 6.07) is 9.22. The van der Waals surface area contributed by atoms with Crippen LogP contribution in [0, 0.1) is 16.7 Å². The molecule has 1 fully saturated rings. The van der Waals surface area contributed by atoms with Crippen LogP contribution in [0.25, 0.3) is 0 Å². The predicted octanol–water partition coefficient (Wildman–Crippen LogP) is 3.61. The van der Waals surface area contributed by atoms with E-state index in [0.717, 1.165) is 31.2 Å². The number of hydrogen-bond donors (Lipinski definition) is 3. The minimum atomic E-state index is -0.568. The lowest BCUT2D eigenvalue weighted by atomic mass is 9.64. The Balaban J connectivity index is 2.09. The summed E-state index contributed by atoms with van der Waals surface area (Å²) in [4.78, 5) is 25.6. The predicted molar refractivity (Wildman–Crippen MR) is 114 cm³/mol. The summed E-state index contributed by atoms with van der Waals surface area (Å²) in [5, 5.41) is 5.71. The van der Waals surface area contributed by atoms with Crippen molar-refractivity contribution < 1.29 is 9.59 Å². The van der Waals surface area contributed by atoms with Gasteiger partial charge in [-0.3, -0.25) is 9.59 Å². The Hall–Kier alpha value is -1.49. The molecule has 5 heteroatoms. The maximum Gasteiger partial charge on any atom is 0.242 e. The number of amides is 2. The van der Waals surface area contributed by atoms with Crippen LogP contribution in [0.15, 0.2) is 30.3 Å². The molecule has 0 bridgehead atoms. The standard InChI is InChI=1S/C22H34N2O2S/c1-21(2,3)17-10-12-22(15-27,13-11-17)20(26)24-18(19(25)23-4)14-16-8-6-5-7-9-16/h5-9,17-18,27H,10-15H2,1-4H3,(H,23,25)(H,24,26)/t17?,18-,22?/m0/s1. The Labute approximate surface area is 169 Å². The summed E-state index contributed by atoms with van der Waals surface area (Å²) in [6.07, 6.45) is 4.20. The van der Waals surface area contributed by atoms with Crippen LogP contribution in [0.4, 0.5) is 0 Å². The summed E-state index contributed by atoms with van der Waals surface area (Å²) in [6.45, 7) is 6.81. The molecule has 27 heavy (non-hydrogen) atoms. The van der Waals surface area contributed by atoms with Crippen molar-refractivity contribution in [2.24, 2.45) is 16.7 Å². The Morgan fingerprint density at radius 3 is 2.26 bits per heavy atom. The Kier molecular flexibility index (Phi) is 7.38. The van der Waals surface area contributed by atoms with Crippen LogP contribution in [0.2, 0.25) is 0 Å². The molecule has 0 spiro atoms. The van der Waals surface area contributed by atoms with Crippen molar-refractivity contribution >= 4 is 24.4 Å². The number of thiol groups is 1. The number of carbonyl (C=O) groups is 2. The summed E-state index contributed by atoms with van der Waals surface area (Å²) >= 11 is 4.53. The molecule has 1 aliphatic carbocycles. The third kappa shape index (κ3) is 5.50. The van der Waals surface area contributed by atoms with Crippen molar-refractivity contribution in [3.05, 3.63) is 35.9 Å². The second kappa shape index (κ2) is 9.13. The highest BCUT2D eigenvalue weighted by molar-refractivity contribution is 7.80. The zero-order chi connectivity index (χ0) is 20.1. The number of rotatable bonds is 6. The molecule has 2 N–H and O–H groups in total. The Morgan fingerprint density at radius 1 is 1.19 bits per heavy atom. The molecule has 1 atom stereocenters. The van der Waals surface area contributed by atoms with Gasteiger partial charge in [0.25, 0.3) is 0 Å². The van der Waals surface area contributed by atoms with E-state index in [9.17, 15) is 9.59 Å². The van der Waals surface area contributed by atoms with Gasteiger partial charge in [-0.25, -0.2) is 0 Å². The summed E-state index contributed by atoms with van der Waals surface area (Å²) in [7, 11) is 1.61. The van der Waals surface area contributed by atoms with Crippen molar-refractivity contribution in [3.8, 4) is 0 Å². The molecule has 0 unspecified atom stereocenters. The van der Waals surface area contributed by atoms with Gasteiger partial charge in [0.05, 0.1) is 5.41 Å². The first-order valence-electron chi connectivity index (χ1n) is 9.89. The summed E-state index contributed by atoms with van der Waals surface area (Å²) < 4.78 is 0. The van der Waals surface area contributed by atoms with Gasteiger partial charge in [-0.2, -0.15) is 12.6 Å². The zero-order valence-corrected chi connectivity index (χ0v) is 17.9. The summed E-state index contributed by atoms with van der Waals surface area (Å²) in [5.74, 6) is 0.943. The first-order chi connectivity index (χ1) is 12.7. The molecule has 4 nitrogen and oxygen atoms in total. The number of nitrogens with one attached hydrogen (secondary N) is 2. The minimum Gasteiger partial charge on any atom is -0.357 e. The van der Waals surface area contributed by atoms with Crippen LogP contribution >= 0.6 is 12.6 Å². The molecule has 1 aromatic rings. The second-order valence-corrected chi connectivity index (χ2v) is 9.22. The van der Waals surface area contributed by atoms with E-state index in [1.54, 1.807) is 7.05 Å². The van der Waals surface area contributed by atoms with E-state index in [4.69, 9.17) is 0 Å². The average Bonchev–Trinajstić information content (AvgIpc) is 2.66. The van der Waals surface area contributed by atoms with Gasteiger partial charge in [0.1, 0.15) is 6.04 Å². The van der Waals surface area contributed by atoms with Crippen LogP contribution < -0.4 is 10.6 Å². The van der Waals surface area contributed by atoms with Gasteiger partial charge >= 0.3 is 0 Å². The maximum absolute atomic E-state index is 13.2. The molecule has 1 aromatic carbocycles. The number of benzene rings is 1. The van der Waals surface area contributed by atoms with Crippen molar-refractivity contribution in [2.75, 3.05) is 12.8 Å². The van der Waals surface area contributed by atoms with Gasteiger partial charge in [-0.15, -0.1) is 0 Å². The largest absolute Gasteiger partial charge is 0.357 e. The van der Waals surface area contributed by atoms with Gasteiger partial charge < -0.3 is 10.6 Å². The Bertz CT molecular complexity index is 631. The van der Waals surface area contributed by atoms with Crippen LogP contribution in [-0.4, -0.2) is 30.7 Å². The fraction of sp³-hybridized carbons (Fsp3) is 0.636. The highest BCUT2D eigenvalue weighted by Crippen LogP contribution is 2.46. The molecular formula is C22H34N2O2S. The fourth-order valence-corrected chi connectivity index (χ4v) is 4.50. The van der Waals surface area contributed by atoms with Gasteiger partial charge in [-0.05, 0) is 42.6 Å². The van der Waals surface area contributed by atoms with E-state index in [2.05, 4.69) is 44.0 Å². The normalized spacial score (nSPS) is 24.1. The SMILES string of the molecule is CNC(=O)[C@H](Cc1ccccc1)NC(=O)C1(CS)CCC(C(C)(C)C)CC1. The lowest BCUT2D eigenvalue weighted by Crippen LogP contribution is -2.53. The van der Waals surface area contributed by atoms with Gasteiger partial charge in [0.2, 0.25) is 11.8 Å². The molecule has 2 amide bonds. The number of likely N-dealkylation sites (N-methyl/N-ethyl adjacent to an activating group) is 1. The molecular weight excluding hydrogens is 356 g/mol. The molecule has 1 aliphatic rings. The molecule has 0 heterocycles. The van der Waals surface area contributed by atoms with Crippen molar-refractivity contribution in [1.82, 2.24) is 10.6 Å². The van der Waals surface area contributed by atoms with Crippen molar-refractivity contribution in [2.45, 2.75) is 58.9 Å². The third-order valence-electron chi connectivity index (χ3n) is 6.10. The van der Waals surface area contributed by atoms with Crippen LogP contribution in [0.3, 0.4) is 0 Å². The topological polar surface area (TPSA) is 58.2 Å². The highest BCUT2D eigenvalue weighted by atomic mass is 32.1. The molecule has 2 rings (SSSR count). The molecule has 0 saturated heterocycles. The third-order valence-corrected chi connectivity index (χ3v) is 6.71. The van der Waals surface area contributed by atoms with Crippen molar-refractivity contribution in [3.63, 3.8) is 0 Å². The van der Waals surface area contributed by atoms with E-state index in [1.165, 1.54) is 0 Å². The molecule has 0 aromatic heterocycles. The van der Waals surface area contributed by atoms with Gasteiger partial charge in [0.15, 0.2) is 0 Å². The fourth-order valence-electron chi connectivity index (χ4n) is 4.04. The monoisotopic (exact) mass is 390 g/mol. The first-order valence-corrected chi connectivity index (χ1v) is 10.5. The van der Waals surface area contributed by atoms with E-state index in [0.29, 0.717) is 18.1 Å². The first kappa shape index (κ1) is 21.8. The van der Waals surface area contributed by atoms with E-state index < -0.39 is 11.5 Å². The second-order valence-electron chi connectivity index (χ2n) is 8.91. The minimum absolute atomic E-state index is 0.0330. The molecule has 0 radical (unpaired) electrons. The van der Waals surface area contributed by atoms with Gasteiger partial charge in [-0.1, -0.05) is 51.1 Å². The molecule has 150 valence electrons. The number of hydrogen-bond acceptors (Lipinski definition) is 3. The summed E-state index contributed by atoms with van der Waals surface area (Å²) in [5.41, 5.74) is 0.813. The van der Waals surface area contributed by atoms with Crippen LogP contribution in [0.1, 0.15) is 52.0 Å². The van der Waals surface area contributed by atoms with E-state index in [-0.39, 0.29) is 17.2 Å². The van der Waals surface area contributed by atoms with Crippen LogP contribution in [-0.2, 0) is 16.0 Å². The number of carbonyl (C=O) groups excluding carboxylic acids is 2. The smallest absolute Gasteiger partial charge is 0.242 e. The lowest BCUT2D eigenvalue weighted by molar-refractivity contribution is -0.136.